The number of fused-ring (bicyclic) bond motifs is 2. The fraction of sp³-hybridized carbons (Fsp3) is 0.211. The monoisotopic (exact) mass is 348 g/mol. The summed E-state index contributed by atoms with van der Waals surface area (Å²) in [5.74, 6) is -0.0146. The molecule has 6 heteroatoms. The molecule has 1 aliphatic heterocycles. The van der Waals surface area contributed by atoms with Gasteiger partial charge in [0.25, 0.3) is 5.91 Å². The first kappa shape index (κ1) is 14.6. The molecule has 1 aliphatic rings. The average molecular weight is 348 g/mol. The summed E-state index contributed by atoms with van der Waals surface area (Å²) >= 11 is 1.68. The van der Waals surface area contributed by atoms with Gasteiger partial charge in [0, 0.05) is 11.9 Å². The molecule has 4 aromatic rings. The van der Waals surface area contributed by atoms with Crippen LogP contribution in [0.25, 0.3) is 21.1 Å². The van der Waals surface area contributed by atoms with Gasteiger partial charge in [-0.15, -0.1) is 11.3 Å². The van der Waals surface area contributed by atoms with Gasteiger partial charge in [0.15, 0.2) is 5.69 Å². The number of hydrogen-bond donors (Lipinski definition) is 1. The molecule has 0 spiro atoms. The normalized spacial score (nSPS) is 17.6. The summed E-state index contributed by atoms with van der Waals surface area (Å²) < 4.78 is 1.17. The number of aromatic amines is 1. The van der Waals surface area contributed by atoms with Crippen LogP contribution in [0.3, 0.4) is 0 Å². The molecule has 1 N–H and O–H groups in total. The maximum atomic E-state index is 13.1. The van der Waals surface area contributed by atoms with E-state index >= 15 is 0 Å². The summed E-state index contributed by atoms with van der Waals surface area (Å²) in [6.45, 7) is 0.751. The molecule has 1 fully saturated rings. The molecule has 3 heterocycles. The van der Waals surface area contributed by atoms with Crippen molar-refractivity contribution in [2.24, 2.45) is 0 Å². The first-order valence-corrected chi connectivity index (χ1v) is 9.22. The molecule has 0 aliphatic carbocycles. The van der Waals surface area contributed by atoms with Crippen LogP contribution in [0.5, 0.6) is 0 Å². The lowest BCUT2D eigenvalue weighted by Crippen LogP contribution is -2.30. The Morgan fingerprint density at radius 1 is 1.16 bits per heavy atom. The summed E-state index contributed by atoms with van der Waals surface area (Å²) in [6, 6.07) is 15.9. The van der Waals surface area contributed by atoms with Crippen LogP contribution in [0.1, 0.15) is 34.4 Å². The van der Waals surface area contributed by atoms with Gasteiger partial charge in [-0.1, -0.05) is 30.3 Å². The number of benzene rings is 2. The first-order valence-electron chi connectivity index (χ1n) is 8.41. The molecule has 2 aromatic carbocycles. The molecule has 2 aromatic heterocycles. The Morgan fingerprint density at radius 3 is 2.92 bits per heavy atom. The van der Waals surface area contributed by atoms with Crippen molar-refractivity contribution in [1.82, 2.24) is 20.1 Å². The molecule has 1 atom stereocenters. The van der Waals surface area contributed by atoms with Gasteiger partial charge in [0.2, 0.25) is 0 Å². The van der Waals surface area contributed by atoms with Crippen LogP contribution >= 0.6 is 11.3 Å². The average Bonchev–Trinajstić information content (AvgIpc) is 3.37. The Kier molecular flexibility index (Phi) is 3.31. The third-order valence-corrected chi connectivity index (χ3v) is 5.92. The molecule has 1 amide bonds. The number of aromatic nitrogens is 3. The lowest BCUT2D eigenvalue weighted by molar-refractivity contribution is 0.0731. The molecule has 1 saturated heterocycles. The van der Waals surface area contributed by atoms with Crippen molar-refractivity contribution in [2.45, 2.75) is 18.9 Å². The van der Waals surface area contributed by atoms with Crippen LogP contribution in [0.4, 0.5) is 0 Å². The number of carbonyl (C=O) groups is 1. The minimum Gasteiger partial charge on any atom is -0.328 e. The number of carbonyl (C=O) groups excluding carboxylic acids is 1. The predicted molar refractivity (Wildman–Crippen MR) is 98.7 cm³/mol. The zero-order valence-electron chi connectivity index (χ0n) is 13.5. The zero-order valence-corrected chi connectivity index (χ0v) is 14.3. The van der Waals surface area contributed by atoms with Crippen molar-refractivity contribution in [2.75, 3.05) is 6.54 Å². The summed E-state index contributed by atoms with van der Waals surface area (Å²) in [5.41, 5.74) is 2.40. The third-order valence-electron chi connectivity index (χ3n) is 4.78. The molecule has 0 unspecified atom stereocenters. The fourth-order valence-corrected chi connectivity index (χ4v) is 4.68. The summed E-state index contributed by atoms with van der Waals surface area (Å²) in [7, 11) is 0. The van der Waals surface area contributed by atoms with E-state index in [2.05, 4.69) is 16.3 Å². The summed E-state index contributed by atoms with van der Waals surface area (Å²) in [5, 5.41) is 9.13. The topological polar surface area (TPSA) is 61.9 Å². The SMILES string of the molecule is O=C(c1n[nH]c2ccccc12)N1CCC[C@H]1c1nc2ccccc2s1. The van der Waals surface area contributed by atoms with Crippen LogP contribution in [0.15, 0.2) is 48.5 Å². The van der Waals surface area contributed by atoms with Crippen molar-refractivity contribution < 1.29 is 4.79 Å². The van der Waals surface area contributed by atoms with Crippen LogP contribution in [0.2, 0.25) is 0 Å². The van der Waals surface area contributed by atoms with Crippen LogP contribution in [0, 0.1) is 0 Å². The Hall–Kier alpha value is -2.73. The lowest BCUT2D eigenvalue weighted by atomic mass is 10.2. The highest BCUT2D eigenvalue weighted by atomic mass is 32.1. The quantitative estimate of drug-likeness (QED) is 0.592. The van der Waals surface area contributed by atoms with Gasteiger partial charge in [0.1, 0.15) is 5.01 Å². The van der Waals surface area contributed by atoms with E-state index in [-0.39, 0.29) is 11.9 Å². The second-order valence-corrected chi connectivity index (χ2v) is 7.36. The lowest BCUT2D eigenvalue weighted by Gasteiger charge is -2.22. The predicted octanol–water partition coefficient (Wildman–Crippen LogP) is 4.15. The van der Waals surface area contributed by atoms with Gasteiger partial charge in [-0.25, -0.2) is 4.98 Å². The highest BCUT2D eigenvalue weighted by Crippen LogP contribution is 2.37. The number of rotatable bonds is 2. The highest BCUT2D eigenvalue weighted by Gasteiger charge is 2.34. The largest absolute Gasteiger partial charge is 0.328 e. The van der Waals surface area contributed by atoms with E-state index in [1.165, 1.54) is 4.70 Å². The molecule has 0 saturated carbocycles. The number of thiazole rings is 1. The minimum atomic E-state index is -0.0146. The number of amides is 1. The standard InChI is InChI=1S/C19H16N4OS/c24-19(17-12-6-1-2-7-13(12)21-22-17)23-11-5-9-15(23)18-20-14-8-3-4-10-16(14)25-18/h1-4,6-8,10,15H,5,9,11H2,(H,21,22)/t15-/m0/s1. The second kappa shape index (κ2) is 5.67. The Bertz CT molecular complexity index is 1050. The Balaban J connectivity index is 1.53. The maximum Gasteiger partial charge on any atom is 0.275 e. The van der Waals surface area contributed by atoms with Crippen molar-refractivity contribution in [3.05, 3.63) is 59.2 Å². The fourth-order valence-electron chi connectivity index (χ4n) is 3.56. The van der Waals surface area contributed by atoms with E-state index in [0.29, 0.717) is 5.69 Å². The van der Waals surface area contributed by atoms with Gasteiger partial charge in [-0.3, -0.25) is 9.89 Å². The number of H-pyrrole nitrogens is 1. The van der Waals surface area contributed by atoms with Gasteiger partial charge in [-0.05, 0) is 31.0 Å². The molecule has 0 bridgehead atoms. The molecule has 0 radical (unpaired) electrons. The van der Waals surface area contributed by atoms with Crippen molar-refractivity contribution in [3.63, 3.8) is 0 Å². The van der Waals surface area contributed by atoms with E-state index in [9.17, 15) is 4.79 Å². The van der Waals surface area contributed by atoms with Crippen LogP contribution in [-0.4, -0.2) is 32.5 Å². The van der Waals surface area contributed by atoms with Crippen molar-refractivity contribution in [1.29, 1.82) is 0 Å². The van der Waals surface area contributed by atoms with E-state index in [0.717, 1.165) is 40.8 Å². The van der Waals surface area contributed by atoms with Gasteiger partial charge >= 0.3 is 0 Å². The Labute approximate surface area is 148 Å². The van der Waals surface area contributed by atoms with Crippen molar-refractivity contribution >= 4 is 38.4 Å². The first-order chi connectivity index (χ1) is 12.3. The molecular formula is C19H16N4OS. The van der Waals surface area contributed by atoms with Crippen molar-refractivity contribution in [3.8, 4) is 0 Å². The van der Waals surface area contributed by atoms with E-state index in [4.69, 9.17) is 4.98 Å². The smallest absolute Gasteiger partial charge is 0.275 e. The number of para-hydroxylation sites is 2. The molecule has 5 rings (SSSR count). The maximum absolute atomic E-state index is 13.1. The third kappa shape index (κ3) is 2.33. The second-order valence-electron chi connectivity index (χ2n) is 6.29. The Morgan fingerprint density at radius 2 is 2.00 bits per heavy atom. The summed E-state index contributed by atoms with van der Waals surface area (Å²) in [4.78, 5) is 19.8. The zero-order chi connectivity index (χ0) is 16.8. The van der Waals surface area contributed by atoms with E-state index in [1.807, 2.05) is 47.4 Å². The highest BCUT2D eigenvalue weighted by molar-refractivity contribution is 7.18. The number of nitrogens with one attached hydrogen (secondary N) is 1. The van der Waals surface area contributed by atoms with E-state index in [1.54, 1.807) is 11.3 Å². The molecular weight excluding hydrogens is 332 g/mol. The van der Waals surface area contributed by atoms with Gasteiger partial charge in [-0.2, -0.15) is 5.10 Å². The van der Waals surface area contributed by atoms with Gasteiger partial charge in [0.05, 0.1) is 21.8 Å². The van der Waals surface area contributed by atoms with Crippen LogP contribution < -0.4 is 0 Å². The molecule has 124 valence electrons. The minimum absolute atomic E-state index is 0.0146. The van der Waals surface area contributed by atoms with E-state index < -0.39 is 0 Å². The molecule has 25 heavy (non-hydrogen) atoms. The van der Waals surface area contributed by atoms with Gasteiger partial charge < -0.3 is 4.90 Å². The number of nitrogens with zero attached hydrogens (tertiary/aromatic N) is 3. The number of hydrogen-bond acceptors (Lipinski definition) is 4. The van der Waals surface area contributed by atoms with Crippen LogP contribution in [-0.2, 0) is 0 Å². The number of likely N-dealkylation sites (tertiary alicyclic amines) is 1. The molecule has 5 nitrogen and oxygen atoms in total. The summed E-state index contributed by atoms with van der Waals surface area (Å²) in [6.07, 6.45) is 1.95.